The van der Waals surface area contributed by atoms with Gasteiger partial charge in [0.2, 0.25) is 0 Å². The second kappa shape index (κ2) is 7.86. The lowest BCUT2D eigenvalue weighted by Gasteiger charge is -2.30. The summed E-state index contributed by atoms with van der Waals surface area (Å²) in [6, 6.07) is 15.8. The maximum Gasteiger partial charge on any atom is 0.278 e. The third kappa shape index (κ3) is 3.48. The van der Waals surface area contributed by atoms with E-state index in [0.717, 1.165) is 48.1 Å². The number of likely N-dealkylation sites (N-methyl/N-ethyl adjacent to an activating group) is 1. The molecule has 0 aromatic heterocycles. The Morgan fingerprint density at radius 1 is 0.897 bits per heavy atom. The van der Waals surface area contributed by atoms with Crippen molar-refractivity contribution >= 4 is 23.1 Å². The minimum absolute atomic E-state index is 0.00572. The predicted molar refractivity (Wildman–Crippen MR) is 116 cm³/mol. The molecular weight excluding hydrogens is 360 g/mol. The second-order valence-electron chi connectivity index (χ2n) is 8.21. The third-order valence-corrected chi connectivity index (χ3v) is 6.16. The Balaban J connectivity index is 1.85. The van der Waals surface area contributed by atoms with Crippen molar-refractivity contribution in [2.24, 2.45) is 0 Å². The van der Waals surface area contributed by atoms with Crippen LogP contribution in [-0.4, -0.2) is 29.8 Å². The first kappa shape index (κ1) is 19.4. The Kier molecular flexibility index (Phi) is 5.27. The summed E-state index contributed by atoms with van der Waals surface area (Å²) in [5.74, 6) is -0.310. The van der Waals surface area contributed by atoms with Crippen LogP contribution in [0.4, 0.5) is 5.69 Å². The Morgan fingerprint density at radius 2 is 1.59 bits per heavy atom. The van der Waals surface area contributed by atoms with Crippen molar-refractivity contribution in [1.29, 1.82) is 0 Å². The van der Waals surface area contributed by atoms with Crippen LogP contribution in [0.5, 0.6) is 0 Å². The molecule has 0 radical (unpaired) electrons. The number of benzene rings is 2. The van der Waals surface area contributed by atoms with Gasteiger partial charge in [0.1, 0.15) is 5.70 Å². The normalized spacial score (nSPS) is 18.0. The molecule has 2 aliphatic rings. The molecule has 4 rings (SSSR count). The zero-order chi connectivity index (χ0) is 20.5. The summed E-state index contributed by atoms with van der Waals surface area (Å²) in [4.78, 5) is 30.6. The molecule has 0 saturated heterocycles. The molecule has 150 valence electrons. The summed E-state index contributed by atoms with van der Waals surface area (Å²) in [5.41, 5.74) is 4.93. The number of nitrogens with zero attached hydrogens (tertiary/aromatic N) is 2. The van der Waals surface area contributed by atoms with Gasteiger partial charge in [-0.1, -0.05) is 61.2 Å². The summed E-state index contributed by atoms with van der Waals surface area (Å²) in [7, 11) is 1.88. The van der Waals surface area contributed by atoms with E-state index in [1.54, 1.807) is 4.90 Å². The molecule has 4 heteroatoms. The topological polar surface area (TPSA) is 40.6 Å². The van der Waals surface area contributed by atoms with Crippen LogP contribution in [0, 0.1) is 13.8 Å². The SMILES string of the molecule is Cc1ccc(C2=C(N(C)c3ccccc3)C(=O)N(C3CCCCC3)C2=O)c(C)c1. The highest BCUT2D eigenvalue weighted by atomic mass is 16.2. The van der Waals surface area contributed by atoms with Gasteiger partial charge in [0, 0.05) is 18.8 Å². The fourth-order valence-corrected chi connectivity index (χ4v) is 4.63. The third-order valence-electron chi connectivity index (χ3n) is 6.16. The van der Waals surface area contributed by atoms with Crippen LogP contribution in [0.1, 0.15) is 48.8 Å². The lowest BCUT2D eigenvalue weighted by atomic mass is 9.94. The summed E-state index contributed by atoms with van der Waals surface area (Å²) >= 11 is 0. The number of carbonyl (C=O) groups excluding carboxylic acids is 2. The van der Waals surface area contributed by atoms with E-state index in [4.69, 9.17) is 0 Å². The van der Waals surface area contributed by atoms with Gasteiger partial charge in [-0.25, -0.2) is 0 Å². The van der Waals surface area contributed by atoms with Gasteiger partial charge in [-0.15, -0.1) is 0 Å². The molecule has 1 aliphatic heterocycles. The van der Waals surface area contributed by atoms with Gasteiger partial charge in [0.05, 0.1) is 5.57 Å². The number of para-hydroxylation sites is 1. The highest BCUT2D eigenvalue weighted by molar-refractivity contribution is 6.37. The first-order chi connectivity index (χ1) is 14.0. The van der Waals surface area contributed by atoms with E-state index < -0.39 is 0 Å². The quantitative estimate of drug-likeness (QED) is 0.703. The minimum atomic E-state index is -0.164. The number of hydrogen-bond acceptors (Lipinski definition) is 3. The van der Waals surface area contributed by atoms with Gasteiger partial charge >= 0.3 is 0 Å². The lowest BCUT2D eigenvalue weighted by molar-refractivity contribution is -0.140. The van der Waals surface area contributed by atoms with Crippen molar-refractivity contribution in [3.8, 4) is 0 Å². The minimum Gasteiger partial charge on any atom is -0.339 e. The van der Waals surface area contributed by atoms with Gasteiger partial charge < -0.3 is 4.90 Å². The number of rotatable bonds is 4. The summed E-state index contributed by atoms with van der Waals surface area (Å²) in [6.07, 6.45) is 5.13. The van der Waals surface area contributed by atoms with Crippen LogP contribution in [0.15, 0.2) is 54.2 Å². The molecule has 0 spiro atoms. The number of imide groups is 1. The monoisotopic (exact) mass is 388 g/mol. The van der Waals surface area contributed by atoms with Crippen molar-refractivity contribution in [2.45, 2.75) is 52.0 Å². The molecule has 4 nitrogen and oxygen atoms in total. The fraction of sp³-hybridized carbons (Fsp3) is 0.360. The summed E-state index contributed by atoms with van der Waals surface area (Å²) in [5, 5.41) is 0. The number of anilines is 1. The standard InChI is InChI=1S/C25H28N2O2/c1-17-14-15-21(18(2)16-17)22-23(26(3)19-10-6-4-7-11-19)25(29)27(24(22)28)20-12-8-5-9-13-20/h4,6-7,10-11,14-16,20H,5,8-9,12-13H2,1-3H3. The van der Waals surface area contributed by atoms with Gasteiger partial charge in [-0.3, -0.25) is 14.5 Å². The molecule has 0 unspecified atom stereocenters. The van der Waals surface area contributed by atoms with Gasteiger partial charge in [0.15, 0.2) is 0 Å². The fourth-order valence-electron chi connectivity index (χ4n) is 4.63. The van der Waals surface area contributed by atoms with E-state index >= 15 is 0 Å². The Hall–Kier alpha value is -2.88. The average molecular weight is 389 g/mol. The Morgan fingerprint density at radius 3 is 2.24 bits per heavy atom. The van der Waals surface area contributed by atoms with Gasteiger partial charge in [0.25, 0.3) is 11.8 Å². The van der Waals surface area contributed by atoms with Crippen LogP contribution in [0.3, 0.4) is 0 Å². The molecule has 1 aliphatic carbocycles. The zero-order valence-electron chi connectivity index (χ0n) is 17.4. The summed E-state index contributed by atoms with van der Waals surface area (Å²) < 4.78 is 0. The van der Waals surface area contributed by atoms with Crippen molar-refractivity contribution in [2.75, 3.05) is 11.9 Å². The van der Waals surface area contributed by atoms with Crippen LogP contribution in [0.2, 0.25) is 0 Å². The molecule has 2 aromatic carbocycles. The molecule has 1 heterocycles. The van der Waals surface area contributed by atoms with Crippen molar-refractivity contribution in [3.05, 3.63) is 70.9 Å². The second-order valence-corrected chi connectivity index (χ2v) is 8.21. The van der Waals surface area contributed by atoms with E-state index in [2.05, 4.69) is 6.07 Å². The summed E-state index contributed by atoms with van der Waals surface area (Å²) in [6.45, 7) is 4.05. The first-order valence-electron chi connectivity index (χ1n) is 10.5. The molecule has 2 amide bonds. The molecule has 0 bridgehead atoms. The highest BCUT2D eigenvalue weighted by Gasteiger charge is 2.44. The van der Waals surface area contributed by atoms with E-state index in [1.807, 2.05) is 68.3 Å². The first-order valence-corrected chi connectivity index (χ1v) is 10.5. The van der Waals surface area contributed by atoms with Crippen molar-refractivity contribution in [3.63, 3.8) is 0 Å². The number of aryl methyl sites for hydroxylation is 2. The van der Waals surface area contributed by atoms with Crippen molar-refractivity contribution < 1.29 is 9.59 Å². The number of hydrogen-bond donors (Lipinski definition) is 0. The maximum absolute atomic E-state index is 13.6. The van der Waals surface area contributed by atoms with Crippen LogP contribution in [0.25, 0.3) is 5.57 Å². The van der Waals surface area contributed by atoms with Crippen LogP contribution < -0.4 is 4.90 Å². The van der Waals surface area contributed by atoms with Gasteiger partial charge in [-0.2, -0.15) is 0 Å². The number of amides is 2. The highest BCUT2D eigenvalue weighted by Crippen LogP contribution is 2.38. The van der Waals surface area contributed by atoms with Crippen LogP contribution >= 0.6 is 0 Å². The maximum atomic E-state index is 13.6. The van der Waals surface area contributed by atoms with E-state index in [1.165, 1.54) is 6.42 Å². The largest absolute Gasteiger partial charge is 0.339 e. The smallest absolute Gasteiger partial charge is 0.278 e. The lowest BCUT2D eigenvalue weighted by Crippen LogP contribution is -2.43. The molecule has 0 atom stereocenters. The molecule has 1 saturated carbocycles. The van der Waals surface area contributed by atoms with E-state index in [9.17, 15) is 9.59 Å². The van der Waals surface area contributed by atoms with Gasteiger partial charge in [-0.05, 0) is 49.9 Å². The van der Waals surface area contributed by atoms with E-state index in [-0.39, 0.29) is 17.9 Å². The molecule has 0 N–H and O–H groups in total. The average Bonchev–Trinajstić information content (AvgIpc) is 2.99. The number of carbonyl (C=O) groups is 2. The zero-order valence-corrected chi connectivity index (χ0v) is 17.4. The Bertz CT molecular complexity index is 972. The molecule has 29 heavy (non-hydrogen) atoms. The molecular formula is C25H28N2O2. The van der Waals surface area contributed by atoms with Crippen molar-refractivity contribution in [1.82, 2.24) is 4.90 Å². The van der Waals surface area contributed by atoms with Crippen LogP contribution in [-0.2, 0) is 9.59 Å². The molecule has 2 aromatic rings. The van der Waals surface area contributed by atoms with E-state index in [0.29, 0.717) is 11.3 Å². The molecule has 1 fully saturated rings. The Labute approximate surface area is 172 Å². The predicted octanol–water partition coefficient (Wildman–Crippen LogP) is 4.85.